The first-order valence-electron chi connectivity index (χ1n) is 5.03. The van der Waals surface area contributed by atoms with Gasteiger partial charge in [-0.3, -0.25) is 4.79 Å². The molecule has 0 heterocycles. The van der Waals surface area contributed by atoms with Crippen LogP contribution in [0.4, 0.5) is 4.79 Å². The molecular weight excluding hydrogens is 208 g/mol. The molecule has 0 fully saturated rings. The number of aliphatic carboxylic acids is 1. The summed E-state index contributed by atoms with van der Waals surface area (Å²) in [5, 5.41) is 11.5. The highest BCUT2D eigenvalue weighted by molar-refractivity contribution is 5.77. The molecule has 0 rings (SSSR count). The van der Waals surface area contributed by atoms with Crippen molar-refractivity contribution in [2.24, 2.45) is 5.41 Å². The van der Waals surface area contributed by atoms with E-state index in [1.54, 1.807) is 20.9 Å². The Morgan fingerprint density at radius 1 is 1.56 bits per heavy atom. The number of hydrogen-bond acceptors (Lipinski definition) is 2. The highest BCUT2D eigenvalue weighted by Crippen LogP contribution is 2.19. The summed E-state index contributed by atoms with van der Waals surface area (Å²) in [6, 6.07) is -0.362. The Kier molecular flexibility index (Phi) is 5.37. The van der Waals surface area contributed by atoms with Gasteiger partial charge < -0.3 is 15.3 Å². The molecule has 5 heteroatoms. The minimum absolute atomic E-state index is 0.0899. The average molecular weight is 226 g/mol. The molecule has 5 nitrogen and oxygen atoms in total. The van der Waals surface area contributed by atoms with E-state index in [1.807, 2.05) is 0 Å². The lowest BCUT2D eigenvalue weighted by molar-refractivity contribution is -0.147. The van der Waals surface area contributed by atoms with Crippen molar-refractivity contribution >= 4 is 12.0 Å². The number of carbonyl (C=O) groups is 2. The van der Waals surface area contributed by atoms with Gasteiger partial charge in [-0.2, -0.15) is 0 Å². The Labute approximate surface area is 95.8 Å². The second kappa shape index (κ2) is 6.01. The first-order chi connectivity index (χ1) is 7.37. The van der Waals surface area contributed by atoms with E-state index in [1.165, 1.54) is 4.90 Å². The normalized spacial score (nSPS) is 13.4. The van der Waals surface area contributed by atoms with Crippen molar-refractivity contribution in [2.75, 3.05) is 20.1 Å². The fourth-order valence-electron chi connectivity index (χ4n) is 0.966. The van der Waals surface area contributed by atoms with E-state index in [0.29, 0.717) is 6.42 Å². The topological polar surface area (TPSA) is 69.6 Å². The number of terminal acetylenes is 1. The lowest BCUT2D eigenvalue weighted by Gasteiger charge is -2.24. The summed E-state index contributed by atoms with van der Waals surface area (Å²) in [6.07, 6.45) is 5.50. The summed E-state index contributed by atoms with van der Waals surface area (Å²) in [4.78, 5) is 23.7. The van der Waals surface area contributed by atoms with E-state index in [0.717, 1.165) is 0 Å². The maximum atomic E-state index is 11.4. The van der Waals surface area contributed by atoms with E-state index in [9.17, 15) is 9.59 Å². The van der Waals surface area contributed by atoms with Gasteiger partial charge in [-0.05, 0) is 13.3 Å². The molecule has 0 spiro atoms. The second-order valence-electron chi connectivity index (χ2n) is 3.94. The Morgan fingerprint density at radius 2 is 2.12 bits per heavy atom. The summed E-state index contributed by atoms with van der Waals surface area (Å²) >= 11 is 0. The second-order valence-corrected chi connectivity index (χ2v) is 3.94. The van der Waals surface area contributed by atoms with Gasteiger partial charge in [0.15, 0.2) is 0 Å². The number of nitrogens with one attached hydrogen (secondary N) is 1. The highest BCUT2D eigenvalue weighted by atomic mass is 16.4. The van der Waals surface area contributed by atoms with E-state index < -0.39 is 11.4 Å². The molecule has 1 unspecified atom stereocenters. The zero-order valence-electron chi connectivity index (χ0n) is 9.91. The van der Waals surface area contributed by atoms with Crippen LogP contribution in [0.1, 0.15) is 20.3 Å². The molecule has 1 atom stereocenters. The lowest BCUT2D eigenvalue weighted by atomic mass is 9.88. The summed E-state index contributed by atoms with van der Waals surface area (Å²) in [7, 11) is 1.55. The number of hydrogen-bond donors (Lipinski definition) is 2. The Hall–Kier alpha value is -1.70. The van der Waals surface area contributed by atoms with Crippen LogP contribution in [0.2, 0.25) is 0 Å². The third-order valence-electron chi connectivity index (χ3n) is 2.60. The van der Waals surface area contributed by atoms with Gasteiger partial charge in [0.1, 0.15) is 0 Å². The van der Waals surface area contributed by atoms with Gasteiger partial charge in [0.25, 0.3) is 0 Å². The summed E-state index contributed by atoms with van der Waals surface area (Å²) in [6.45, 7) is 3.65. The fourth-order valence-corrected chi connectivity index (χ4v) is 0.966. The van der Waals surface area contributed by atoms with E-state index >= 15 is 0 Å². The highest BCUT2D eigenvalue weighted by Gasteiger charge is 2.31. The van der Waals surface area contributed by atoms with Gasteiger partial charge in [0.05, 0.1) is 12.0 Å². The minimum atomic E-state index is -0.938. The molecule has 0 aromatic rings. The first kappa shape index (κ1) is 14.3. The van der Waals surface area contributed by atoms with Crippen LogP contribution in [0.25, 0.3) is 0 Å². The summed E-state index contributed by atoms with van der Waals surface area (Å²) in [5.41, 5.74) is -0.938. The van der Waals surface area contributed by atoms with Crippen molar-refractivity contribution in [3.05, 3.63) is 0 Å². The number of rotatable bonds is 5. The molecule has 2 amide bonds. The van der Waals surface area contributed by atoms with Crippen molar-refractivity contribution in [1.29, 1.82) is 0 Å². The molecule has 0 bridgehead atoms. The third-order valence-corrected chi connectivity index (χ3v) is 2.60. The van der Waals surface area contributed by atoms with E-state index in [-0.39, 0.29) is 19.1 Å². The molecule has 0 aliphatic rings. The molecule has 0 aliphatic heterocycles. The SMILES string of the molecule is C#CCN(C)C(=O)NCC(C)(CC)C(=O)O. The quantitative estimate of drug-likeness (QED) is 0.680. The Balaban J connectivity index is 4.29. The average Bonchev–Trinajstić information content (AvgIpc) is 2.25. The van der Waals surface area contributed by atoms with Crippen LogP contribution in [0.5, 0.6) is 0 Å². The Morgan fingerprint density at radius 3 is 2.50 bits per heavy atom. The van der Waals surface area contributed by atoms with Gasteiger partial charge in [0.2, 0.25) is 0 Å². The summed E-state index contributed by atoms with van der Waals surface area (Å²) in [5.74, 6) is 1.41. The van der Waals surface area contributed by atoms with Crippen LogP contribution in [-0.2, 0) is 4.79 Å². The molecule has 0 radical (unpaired) electrons. The molecule has 90 valence electrons. The maximum Gasteiger partial charge on any atom is 0.317 e. The predicted molar refractivity (Wildman–Crippen MR) is 60.9 cm³/mol. The zero-order valence-corrected chi connectivity index (χ0v) is 9.91. The van der Waals surface area contributed by atoms with Gasteiger partial charge in [-0.1, -0.05) is 12.8 Å². The molecule has 0 aromatic heterocycles. The minimum Gasteiger partial charge on any atom is -0.481 e. The lowest BCUT2D eigenvalue weighted by Crippen LogP contribution is -2.45. The van der Waals surface area contributed by atoms with Gasteiger partial charge in [-0.15, -0.1) is 6.42 Å². The van der Waals surface area contributed by atoms with E-state index in [4.69, 9.17) is 11.5 Å². The number of carbonyl (C=O) groups excluding carboxylic acids is 1. The van der Waals surface area contributed by atoms with Crippen molar-refractivity contribution in [1.82, 2.24) is 10.2 Å². The van der Waals surface area contributed by atoms with Gasteiger partial charge >= 0.3 is 12.0 Å². The smallest absolute Gasteiger partial charge is 0.317 e. The largest absolute Gasteiger partial charge is 0.481 e. The van der Waals surface area contributed by atoms with Crippen molar-refractivity contribution in [3.8, 4) is 12.3 Å². The van der Waals surface area contributed by atoms with Crippen molar-refractivity contribution in [3.63, 3.8) is 0 Å². The van der Waals surface area contributed by atoms with Gasteiger partial charge in [-0.25, -0.2) is 4.79 Å². The standard InChI is InChI=1S/C11H18N2O3/c1-5-7-13(4)10(16)12-8-11(3,6-2)9(14)15/h1H,6-8H2,2-4H3,(H,12,16)(H,14,15). The van der Waals surface area contributed by atoms with Crippen LogP contribution in [0.15, 0.2) is 0 Å². The first-order valence-corrected chi connectivity index (χ1v) is 5.03. The Bertz CT molecular complexity index is 309. The number of nitrogens with zero attached hydrogens (tertiary/aromatic N) is 1. The molecule has 0 saturated heterocycles. The number of carboxylic acid groups (broad SMARTS) is 1. The zero-order chi connectivity index (χ0) is 12.8. The maximum absolute atomic E-state index is 11.4. The molecular formula is C11H18N2O3. The summed E-state index contributed by atoms with van der Waals surface area (Å²) < 4.78 is 0. The van der Waals surface area contributed by atoms with Crippen LogP contribution in [0.3, 0.4) is 0 Å². The number of carboxylic acids is 1. The number of urea groups is 1. The fraction of sp³-hybridized carbons (Fsp3) is 0.636. The molecule has 2 N–H and O–H groups in total. The third kappa shape index (κ3) is 3.81. The van der Waals surface area contributed by atoms with Crippen LogP contribution < -0.4 is 5.32 Å². The predicted octanol–water partition coefficient (Wildman–Crippen LogP) is 0.762. The van der Waals surface area contributed by atoms with Crippen LogP contribution in [0, 0.1) is 17.8 Å². The van der Waals surface area contributed by atoms with Crippen molar-refractivity contribution < 1.29 is 14.7 Å². The molecule has 0 aromatic carbocycles. The number of amides is 2. The van der Waals surface area contributed by atoms with Gasteiger partial charge in [0, 0.05) is 13.6 Å². The van der Waals surface area contributed by atoms with E-state index in [2.05, 4.69) is 11.2 Å². The van der Waals surface area contributed by atoms with Crippen LogP contribution >= 0.6 is 0 Å². The molecule has 0 aliphatic carbocycles. The molecule has 0 saturated carbocycles. The van der Waals surface area contributed by atoms with Crippen LogP contribution in [-0.4, -0.2) is 42.1 Å². The van der Waals surface area contributed by atoms with Crippen molar-refractivity contribution in [2.45, 2.75) is 20.3 Å². The monoisotopic (exact) mass is 226 g/mol. The molecule has 16 heavy (non-hydrogen) atoms.